The first kappa shape index (κ1) is 20.7. The van der Waals surface area contributed by atoms with Crippen molar-refractivity contribution in [2.75, 3.05) is 53.0 Å². The average molecular weight is 342 g/mol. The van der Waals surface area contributed by atoms with Crippen molar-refractivity contribution >= 4 is 11.9 Å². The molecule has 24 heavy (non-hydrogen) atoms. The fourth-order valence-corrected chi connectivity index (χ4v) is 2.98. The molecular formula is C17H35N5O2. The zero-order chi connectivity index (χ0) is 17.6. The smallest absolute Gasteiger partial charge is 0.241 e. The zero-order valence-corrected chi connectivity index (χ0v) is 15.6. The molecule has 140 valence electrons. The van der Waals surface area contributed by atoms with Crippen molar-refractivity contribution in [1.29, 1.82) is 0 Å². The predicted molar refractivity (Wildman–Crippen MR) is 98.4 cm³/mol. The minimum atomic E-state index is -0.0914. The molecule has 0 aromatic carbocycles. The molecule has 1 heterocycles. The molecule has 0 saturated carbocycles. The number of ether oxygens (including phenoxy) is 1. The molecule has 1 saturated heterocycles. The molecule has 1 rings (SSSR count). The molecule has 7 heteroatoms. The minimum absolute atomic E-state index is 0.0914. The van der Waals surface area contributed by atoms with Gasteiger partial charge in [0.1, 0.15) is 6.54 Å². The summed E-state index contributed by atoms with van der Waals surface area (Å²) in [6, 6.07) is 0.714. The molecular weight excluding hydrogens is 306 g/mol. The van der Waals surface area contributed by atoms with Crippen LogP contribution in [0, 0.1) is 0 Å². The monoisotopic (exact) mass is 341 g/mol. The number of aliphatic imine (C=N–C) groups is 1. The van der Waals surface area contributed by atoms with Gasteiger partial charge in [-0.3, -0.25) is 9.69 Å². The van der Waals surface area contributed by atoms with Gasteiger partial charge in [-0.15, -0.1) is 0 Å². The van der Waals surface area contributed by atoms with E-state index < -0.39 is 0 Å². The third-order valence-corrected chi connectivity index (χ3v) is 4.27. The maximum atomic E-state index is 11.7. The van der Waals surface area contributed by atoms with Crippen LogP contribution < -0.4 is 16.0 Å². The van der Waals surface area contributed by atoms with E-state index in [0.29, 0.717) is 25.2 Å². The summed E-state index contributed by atoms with van der Waals surface area (Å²) in [5.74, 6) is 0.607. The fourth-order valence-electron chi connectivity index (χ4n) is 2.98. The van der Waals surface area contributed by atoms with Gasteiger partial charge in [-0.2, -0.15) is 0 Å². The highest BCUT2D eigenvalue weighted by molar-refractivity contribution is 5.84. The summed E-state index contributed by atoms with van der Waals surface area (Å²) in [6.07, 6.45) is 5.18. The number of guanidine groups is 1. The number of likely N-dealkylation sites (tertiary alicyclic amines) is 1. The van der Waals surface area contributed by atoms with E-state index in [2.05, 4.69) is 32.8 Å². The lowest BCUT2D eigenvalue weighted by Crippen LogP contribution is -2.46. The molecule has 3 N–H and O–H groups in total. The van der Waals surface area contributed by atoms with Crippen molar-refractivity contribution in [2.45, 2.75) is 45.6 Å². The highest BCUT2D eigenvalue weighted by Gasteiger charge is 2.19. The first-order chi connectivity index (χ1) is 11.7. The molecule has 0 aromatic rings. The molecule has 1 aliphatic heterocycles. The number of amides is 1. The Bertz CT molecular complexity index is 376. The van der Waals surface area contributed by atoms with E-state index in [0.717, 1.165) is 19.6 Å². The van der Waals surface area contributed by atoms with Crippen molar-refractivity contribution in [3.8, 4) is 0 Å². The summed E-state index contributed by atoms with van der Waals surface area (Å²) >= 11 is 0. The molecule has 1 amide bonds. The second kappa shape index (κ2) is 13.0. The predicted octanol–water partition coefficient (Wildman–Crippen LogP) is 0.569. The van der Waals surface area contributed by atoms with Crippen molar-refractivity contribution < 1.29 is 9.53 Å². The van der Waals surface area contributed by atoms with E-state index in [-0.39, 0.29) is 12.5 Å². The van der Waals surface area contributed by atoms with Gasteiger partial charge in [0.15, 0.2) is 5.96 Å². The lowest BCUT2D eigenvalue weighted by molar-refractivity contribution is -0.119. The minimum Gasteiger partial charge on any atom is -0.383 e. The van der Waals surface area contributed by atoms with Crippen molar-refractivity contribution in [2.24, 2.45) is 4.99 Å². The number of nitrogens with zero attached hydrogens (tertiary/aromatic N) is 2. The SMILES string of the molecule is CCNC(=NCC(=O)NCCOC)NCCN1CCCCC1CC. The van der Waals surface area contributed by atoms with Crippen LogP contribution in [0.3, 0.4) is 0 Å². The van der Waals surface area contributed by atoms with Crippen LogP contribution in [0.25, 0.3) is 0 Å². The number of hydrogen-bond acceptors (Lipinski definition) is 4. The Morgan fingerprint density at radius 2 is 2.04 bits per heavy atom. The van der Waals surface area contributed by atoms with Crippen LogP contribution in [0.5, 0.6) is 0 Å². The highest BCUT2D eigenvalue weighted by atomic mass is 16.5. The molecule has 1 atom stereocenters. The Morgan fingerprint density at radius 1 is 1.21 bits per heavy atom. The Labute approximate surface area is 146 Å². The van der Waals surface area contributed by atoms with Gasteiger partial charge in [0.05, 0.1) is 6.61 Å². The van der Waals surface area contributed by atoms with Crippen LogP contribution in [0.4, 0.5) is 0 Å². The molecule has 0 bridgehead atoms. The summed E-state index contributed by atoms with van der Waals surface area (Å²) in [4.78, 5) is 18.6. The number of piperidine rings is 1. The third-order valence-electron chi connectivity index (χ3n) is 4.27. The van der Waals surface area contributed by atoms with Gasteiger partial charge in [-0.1, -0.05) is 13.3 Å². The van der Waals surface area contributed by atoms with Gasteiger partial charge in [0.25, 0.3) is 0 Å². The van der Waals surface area contributed by atoms with Gasteiger partial charge in [-0.25, -0.2) is 4.99 Å². The third kappa shape index (κ3) is 8.49. The summed E-state index contributed by atoms with van der Waals surface area (Å²) in [6.45, 7) is 9.27. The van der Waals surface area contributed by atoms with Gasteiger partial charge >= 0.3 is 0 Å². The largest absolute Gasteiger partial charge is 0.383 e. The number of carbonyl (C=O) groups excluding carboxylic acids is 1. The lowest BCUT2D eigenvalue weighted by atomic mass is 10.0. The maximum Gasteiger partial charge on any atom is 0.241 e. The molecule has 7 nitrogen and oxygen atoms in total. The summed E-state index contributed by atoms with van der Waals surface area (Å²) < 4.78 is 4.91. The van der Waals surface area contributed by atoms with Crippen LogP contribution in [-0.4, -0.2) is 75.8 Å². The number of nitrogens with one attached hydrogen (secondary N) is 3. The van der Waals surface area contributed by atoms with E-state index >= 15 is 0 Å². The van der Waals surface area contributed by atoms with Crippen LogP contribution in [0.1, 0.15) is 39.5 Å². The second-order valence-electron chi connectivity index (χ2n) is 6.06. The van der Waals surface area contributed by atoms with Crippen LogP contribution in [0.15, 0.2) is 4.99 Å². The van der Waals surface area contributed by atoms with E-state index in [4.69, 9.17) is 4.74 Å². The molecule has 0 aromatic heterocycles. The summed E-state index contributed by atoms with van der Waals surface area (Å²) in [5.41, 5.74) is 0. The number of hydrogen-bond donors (Lipinski definition) is 3. The van der Waals surface area contributed by atoms with Gasteiger partial charge in [0.2, 0.25) is 5.91 Å². The van der Waals surface area contributed by atoms with Crippen molar-refractivity contribution in [3.63, 3.8) is 0 Å². The van der Waals surface area contributed by atoms with Crippen LogP contribution in [0.2, 0.25) is 0 Å². The Balaban J connectivity index is 2.33. The first-order valence-electron chi connectivity index (χ1n) is 9.23. The van der Waals surface area contributed by atoms with Crippen LogP contribution in [-0.2, 0) is 9.53 Å². The average Bonchev–Trinajstić information content (AvgIpc) is 2.60. The fraction of sp³-hybridized carbons (Fsp3) is 0.882. The second-order valence-corrected chi connectivity index (χ2v) is 6.06. The molecule has 1 aliphatic rings. The molecule has 0 aliphatic carbocycles. The molecule has 0 radical (unpaired) electrons. The number of carbonyl (C=O) groups is 1. The lowest BCUT2D eigenvalue weighted by Gasteiger charge is -2.35. The van der Waals surface area contributed by atoms with E-state index in [9.17, 15) is 4.79 Å². The molecule has 1 fully saturated rings. The number of rotatable bonds is 10. The summed E-state index contributed by atoms with van der Waals surface area (Å²) in [7, 11) is 1.61. The summed E-state index contributed by atoms with van der Waals surface area (Å²) in [5, 5.41) is 9.28. The van der Waals surface area contributed by atoms with Crippen LogP contribution >= 0.6 is 0 Å². The first-order valence-corrected chi connectivity index (χ1v) is 9.23. The normalized spacial score (nSPS) is 19.1. The van der Waals surface area contributed by atoms with E-state index in [1.807, 2.05) is 6.92 Å². The van der Waals surface area contributed by atoms with Crippen molar-refractivity contribution in [1.82, 2.24) is 20.9 Å². The Hall–Kier alpha value is -1.34. The van der Waals surface area contributed by atoms with Gasteiger partial charge < -0.3 is 20.7 Å². The molecule has 0 spiro atoms. The standard InChI is InChI=1S/C17H35N5O2/c1-4-15-8-6-7-11-22(15)12-9-20-17(18-5-2)21-14-16(23)19-10-13-24-3/h15H,4-14H2,1-3H3,(H,19,23)(H2,18,20,21). The quantitative estimate of drug-likeness (QED) is 0.308. The Kier molecular flexibility index (Phi) is 11.2. The topological polar surface area (TPSA) is 78.0 Å². The van der Waals surface area contributed by atoms with E-state index in [1.54, 1.807) is 7.11 Å². The molecule has 1 unspecified atom stereocenters. The van der Waals surface area contributed by atoms with Crippen molar-refractivity contribution in [3.05, 3.63) is 0 Å². The number of methoxy groups -OCH3 is 1. The Morgan fingerprint density at radius 3 is 2.75 bits per heavy atom. The van der Waals surface area contributed by atoms with Gasteiger partial charge in [-0.05, 0) is 32.7 Å². The maximum absolute atomic E-state index is 11.7. The van der Waals surface area contributed by atoms with E-state index in [1.165, 1.54) is 32.2 Å². The van der Waals surface area contributed by atoms with Gasteiger partial charge in [0, 0.05) is 39.3 Å². The highest BCUT2D eigenvalue weighted by Crippen LogP contribution is 2.18. The zero-order valence-electron chi connectivity index (χ0n) is 15.6.